The normalized spacial score (nSPS) is 11.2. The van der Waals surface area contributed by atoms with Crippen molar-refractivity contribution in [2.45, 2.75) is 34.2 Å². The second kappa shape index (κ2) is 4.33. The standard InChI is InChI=1S/C13H18BrN3/c1-8-6-17(11(4)9(8)2)7-12-13(14)10(3)15-16(12)5/h6H,7H2,1-5H3. The average molecular weight is 296 g/mol. The maximum absolute atomic E-state index is 4.42. The first kappa shape index (κ1) is 12.4. The van der Waals surface area contributed by atoms with Gasteiger partial charge in [0.25, 0.3) is 0 Å². The molecule has 0 bridgehead atoms. The van der Waals surface area contributed by atoms with Crippen molar-refractivity contribution < 1.29 is 0 Å². The third kappa shape index (κ3) is 2.06. The Morgan fingerprint density at radius 3 is 2.29 bits per heavy atom. The molecule has 0 atom stereocenters. The minimum atomic E-state index is 0.860. The highest BCUT2D eigenvalue weighted by Crippen LogP contribution is 2.23. The number of hydrogen-bond acceptors (Lipinski definition) is 1. The molecule has 4 heteroatoms. The van der Waals surface area contributed by atoms with E-state index in [2.05, 4.69) is 52.6 Å². The summed E-state index contributed by atoms with van der Waals surface area (Å²) in [5.41, 5.74) is 6.30. The number of aromatic nitrogens is 3. The van der Waals surface area contributed by atoms with E-state index in [0.717, 1.165) is 16.7 Å². The van der Waals surface area contributed by atoms with E-state index in [1.165, 1.54) is 22.5 Å². The van der Waals surface area contributed by atoms with Gasteiger partial charge in [-0.15, -0.1) is 0 Å². The molecule has 2 heterocycles. The number of rotatable bonds is 2. The number of halogens is 1. The Bertz CT molecular complexity index is 564. The van der Waals surface area contributed by atoms with Crippen molar-refractivity contribution in [3.8, 4) is 0 Å². The lowest BCUT2D eigenvalue weighted by molar-refractivity contribution is 0.654. The van der Waals surface area contributed by atoms with Crippen LogP contribution in [0.2, 0.25) is 0 Å². The summed E-state index contributed by atoms with van der Waals surface area (Å²) >= 11 is 3.61. The van der Waals surface area contributed by atoms with Crippen molar-refractivity contribution in [2.24, 2.45) is 7.05 Å². The number of aryl methyl sites for hydroxylation is 3. The van der Waals surface area contributed by atoms with Crippen molar-refractivity contribution in [3.05, 3.63) is 38.9 Å². The molecule has 0 aliphatic heterocycles. The van der Waals surface area contributed by atoms with Gasteiger partial charge < -0.3 is 4.57 Å². The molecular weight excluding hydrogens is 278 g/mol. The van der Waals surface area contributed by atoms with Crippen LogP contribution in [0.25, 0.3) is 0 Å². The summed E-state index contributed by atoms with van der Waals surface area (Å²) in [4.78, 5) is 0. The van der Waals surface area contributed by atoms with Crippen LogP contribution in [-0.2, 0) is 13.6 Å². The molecule has 0 amide bonds. The summed E-state index contributed by atoms with van der Waals surface area (Å²) < 4.78 is 5.35. The molecule has 0 spiro atoms. The molecule has 92 valence electrons. The third-order valence-corrected chi connectivity index (χ3v) is 4.53. The summed E-state index contributed by atoms with van der Waals surface area (Å²) in [6.45, 7) is 9.37. The maximum atomic E-state index is 4.42. The molecule has 2 rings (SSSR count). The maximum Gasteiger partial charge on any atom is 0.0739 e. The summed E-state index contributed by atoms with van der Waals surface area (Å²) in [6.07, 6.45) is 2.21. The van der Waals surface area contributed by atoms with Crippen molar-refractivity contribution >= 4 is 15.9 Å². The van der Waals surface area contributed by atoms with Gasteiger partial charge in [-0.05, 0) is 54.8 Å². The molecule has 0 aromatic carbocycles. The van der Waals surface area contributed by atoms with E-state index in [-0.39, 0.29) is 0 Å². The van der Waals surface area contributed by atoms with Crippen molar-refractivity contribution in [3.63, 3.8) is 0 Å². The lowest BCUT2D eigenvalue weighted by Gasteiger charge is -2.07. The van der Waals surface area contributed by atoms with Crippen LogP contribution in [0.3, 0.4) is 0 Å². The minimum absolute atomic E-state index is 0.860. The van der Waals surface area contributed by atoms with Crippen molar-refractivity contribution in [2.75, 3.05) is 0 Å². The van der Waals surface area contributed by atoms with Crippen molar-refractivity contribution in [1.29, 1.82) is 0 Å². The highest BCUT2D eigenvalue weighted by Gasteiger charge is 2.13. The number of nitrogens with zero attached hydrogens (tertiary/aromatic N) is 3. The van der Waals surface area contributed by atoms with Gasteiger partial charge in [-0.25, -0.2) is 0 Å². The molecule has 17 heavy (non-hydrogen) atoms. The largest absolute Gasteiger partial charge is 0.345 e. The van der Waals surface area contributed by atoms with E-state index in [4.69, 9.17) is 0 Å². The highest BCUT2D eigenvalue weighted by atomic mass is 79.9. The molecule has 2 aromatic rings. The Hall–Kier alpha value is -1.03. The summed E-state index contributed by atoms with van der Waals surface area (Å²) in [7, 11) is 1.99. The van der Waals surface area contributed by atoms with E-state index in [1.54, 1.807) is 0 Å². The van der Waals surface area contributed by atoms with Gasteiger partial charge in [0.05, 0.1) is 22.4 Å². The fraction of sp³-hybridized carbons (Fsp3) is 0.462. The van der Waals surface area contributed by atoms with Crippen molar-refractivity contribution in [1.82, 2.24) is 14.3 Å². The monoisotopic (exact) mass is 295 g/mol. The molecule has 0 unspecified atom stereocenters. The Kier molecular flexibility index (Phi) is 3.17. The highest BCUT2D eigenvalue weighted by molar-refractivity contribution is 9.10. The van der Waals surface area contributed by atoms with E-state index in [9.17, 15) is 0 Å². The molecule has 0 radical (unpaired) electrons. The van der Waals surface area contributed by atoms with E-state index in [1.807, 2.05) is 18.7 Å². The van der Waals surface area contributed by atoms with Gasteiger partial charge in [0.1, 0.15) is 0 Å². The zero-order valence-electron chi connectivity index (χ0n) is 11.0. The van der Waals surface area contributed by atoms with Crippen LogP contribution in [0.4, 0.5) is 0 Å². The summed E-state index contributed by atoms with van der Waals surface area (Å²) in [5, 5.41) is 4.42. The molecule has 2 aromatic heterocycles. The molecule has 0 saturated heterocycles. The first-order valence-corrected chi connectivity index (χ1v) is 6.52. The van der Waals surface area contributed by atoms with Crippen LogP contribution in [0.15, 0.2) is 10.7 Å². The Morgan fingerprint density at radius 2 is 1.88 bits per heavy atom. The van der Waals surface area contributed by atoms with Crippen LogP contribution < -0.4 is 0 Å². The van der Waals surface area contributed by atoms with Crippen LogP contribution in [0, 0.1) is 27.7 Å². The third-order valence-electron chi connectivity index (χ3n) is 3.50. The van der Waals surface area contributed by atoms with E-state index < -0.39 is 0 Å². The zero-order chi connectivity index (χ0) is 12.7. The summed E-state index contributed by atoms with van der Waals surface area (Å²) in [5.74, 6) is 0. The predicted octanol–water partition coefficient (Wildman–Crippen LogP) is 3.27. The van der Waals surface area contributed by atoms with E-state index >= 15 is 0 Å². The average Bonchev–Trinajstić information content (AvgIpc) is 2.65. The van der Waals surface area contributed by atoms with Crippen LogP contribution in [0.1, 0.15) is 28.2 Å². The van der Waals surface area contributed by atoms with Gasteiger partial charge in [0.2, 0.25) is 0 Å². The zero-order valence-corrected chi connectivity index (χ0v) is 12.6. The second-order valence-electron chi connectivity index (χ2n) is 4.62. The van der Waals surface area contributed by atoms with Gasteiger partial charge in [0.15, 0.2) is 0 Å². The molecule has 0 aliphatic rings. The molecular formula is C13H18BrN3. The quantitative estimate of drug-likeness (QED) is 0.834. The predicted molar refractivity (Wildman–Crippen MR) is 73.4 cm³/mol. The Morgan fingerprint density at radius 1 is 1.24 bits per heavy atom. The molecule has 0 N–H and O–H groups in total. The van der Waals surface area contributed by atoms with E-state index in [0.29, 0.717) is 0 Å². The Balaban J connectivity index is 2.41. The first-order chi connectivity index (χ1) is 7.91. The topological polar surface area (TPSA) is 22.8 Å². The minimum Gasteiger partial charge on any atom is -0.345 e. The fourth-order valence-corrected chi connectivity index (χ4v) is 2.57. The van der Waals surface area contributed by atoms with Crippen LogP contribution >= 0.6 is 15.9 Å². The molecule has 3 nitrogen and oxygen atoms in total. The first-order valence-electron chi connectivity index (χ1n) is 5.72. The SMILES string of the molecule is Cc1cn(Cc2c(Br)c(C)nn2C)c(C)c1C. The smallest absolute Gasteiger partial charge is 0.0739 e. The lowest BCUT2D eigenvalue weighted by Crippen LogP contribution is -2.06. The van der Waals surface area contributed by atoms with Crippen LogP contribution in [-0.4, -0.2) is 14.3 Å². The second-order valence-corrected chi connectivity index (χ2v) is 5.41. The van der Waals surface area contributed by atoms with Gasteiger partial charge >= 0.3 is 0 Å². The van der Waals surface area contributed by atoms with Gasteiger partial charge in [0, 0.05) is 18.9 Å². The van der Waals surface area contributed by atoms with Gasteiger partial charge in [-0.1, -0.05) is 0 Å². The number of hydrogen-bond donors (Lipinski definition) is 0. The summed E-state index contributed by atoms with van der Waals surface area (Å²) in [6, 6.07) is 0. The molecule has 0 saturated carbocycles. The molecule has 0 fully saturated rings. The van der Waals surface area contributed by atoms with Crippen LogP contribution in [0.5, 0.6) is 0 Å². The Labute approximate surface area is 111 Å². The lowest BCUT2D eigenvalue weighted by atomic mass is 10.2. The van der Waals surface area contributed by atoms with Gasteiger partial charge in [-0.2, -0.15) is 5.10 Å². The molecule has 0 aliphatic carbocycles. The fourth-order valence-electron chi connectivity index (χ4n) is 2.11. The van der Waals surface area contributed by atoms with Gasteiger partial charge in [-0.3, -0.25) is 4.68 Å².